The van der Waals surface area contributed by atoms with E-state index in [1.54, 1.807) is 0 Å². The minimum Gasteiger partial charge on any atom is -0.419 e. The van der Waals surface area contributed by atoms with E-state index in [9.17, 15) is 0 Å². The highest BCUT2D eigenvalue weighted by atomic mass is 16.4. The second kappa shape index (κ2) is 6.80. The van der Waals surface area contributed by atoms with Crippen LogP contribution < -0.4 is 0 Å². The number of nitrogens with zero attached hydrogens (tertiary/aromatic N) is 4. The van der Waals surface area contributed by atoms with Crippen LogP contribution in [0.15, 0.2) is 40.9 Å². The van der Waals surface area contributed by atoms with E-state index in [2.05, 4.69) is 57.3 Å². The molecular formula is C19H23N5O. The molecule has 1 aromatic carbocycles. The van der Waals surface area contributed by atoms with Gasteiger partial charge in [-0.15, -0.1) is 10.2 Å². The Labute approximate surface area is 147 Å². The third-order valence-electron chi connectivity index (χ3n) is 5.10. The smallest absolute Gasteiger partial charge is 0.247 e. The first-order chi connectivity index (χ1) is 12.2. The van der Waals surface area contributed by atoms with E-state index in [-0.39, 0.29) is 6.04 Å². The first-order valence-corrected chi connectivity index (χ1v) is 8.84. The van der Waals surface area contributed by atoms with Crippen LogP contribution in [0, 0.1) is 6.92 Å². The van der Waals surface area contributed by atoms with Crippen LogP contribution in [0.25, 0.3) is 11.5 Å². The predicted molar refractivity (Wildman–Crippen MR) is 95.0 cm³/mol. The van der Waals surface area contributed by atoms with Gasteiger partial charge >= 0.3 is 0 Å². The second-order valence-electron chi connectivity index (χ2n) is 6.81. The Hall–Kier alpha value is -2.47. The zero-order valence-electron chi connectivity index (χ0n) is 14.6. The van der Waals surface area contributed by atoms with Gasteiger partial charge in [-0.25, -0.2) is 0 Å². The number of hydrogen-bond acceptors (Lipinski definition) is 5. The first kappa shape index (κ1) is 16.0. The molecule has 6 heteroatoms. The summed E-state index contributed by atoms with van der Waals surface area (Å²) in [6.07, 6.45) is 4.06. The van der Waals surface area contributed by atoms with Crippen molar-refractivity contribution < 1.29 is 4.42 Å². The fourth-order valence-corrected chi connectivity index (χ4v) is 3.55. The fraction of sp³-hybridized carbons (Fsp3) is 0.421. The normalized spacial score (nSPS) is 17.7. The molecular weight excluding hydrogens is 314 g/mol. The number of aromatic nitrogens is 4. The van der Waals surface area contributed by atoms with Crippen molar-refractivity contribution >= 4 is 0 Å². The molecule has 6 nitrogen and oxygen atoms in total. The lowest BCUT2D eigenvalue weighted by molar-refractivity contribution is 0.142. The summed E-state index contributed by atoms with van der Waals surface area (Å²) in [4.78, 5) is 2.42. The summed E-state index contributed by atoms with van der Waals surface area (Å²) in [5, 5.41) is 15.7. The molecule has 1 atom stereocenters. The van der Waals surface area contributed by atoms with Crippen molar-refractivity contribution in [2.24, 2.45) is 0 Å². The van der Waals surface area contributed by atoms with Gasteiger partial charge in [-0.3, -0.25) is 10.00 Å². The number of piperidine rings is 1. The van der Waals surface area contributed by atoms with Gasteiger partial charge < -0.3 is 4.42 Å². The number of hydrogen-bond donors (Lipinski definition) is 1. The summed E-state index contributed by atoms with van der Waals surface area (Å²) in [5.74, 6) is 1.85. The van der Waals surface area contributed by atoms with Crippen molar-refractivity contribution in [2.75, 3.05) is 13.1 Å². The number of H-pyrrole nitrogens is 1. The highest BCUT2D eigenvalue weighted by Gasteiger charge is 2.27. The summed E-state index contributed by atoms with van der Waals surface area (Å²) < 4.78 is 5.96. The Morgan fingerprint density at radius 1 is 1.20 bits per heavy atom. The SMILES string of the molecule is Cc1cccc(-c2nnc([C@@H](C)N3CCC(c4ccn[nH]4)CC3)o2)c1. The van der Waals surface area contributed by atoms with Crippen molar-refractivity contribution in [1.29, 1.82) is 0 Å². The van der Waals surface area contributed by atoms with Crippen molar-refractivity contribution in [3.05, 3.63) is 53.7 Å². The van der Waals surface area contributed by atoms with Crippen molar-refractivity contribution in [1.82, 2.24) is 25.3 Å². The standard InChI is InChI=1S/C19H23N5O/c1-13-4-3-5-16(12-13)19-23-22-18(25-19)14(2)24-10-7-15(8-11-24)17-6-9-20-21-17/h3-6,9,12,14-15H,7-8,10-11H2,1-2H3,(H,20,21)/t14-/m1/s1. The Bertz CT molecular complexity index is 818. The number of benzene rings is 1. The minimum atomic E-state index is 0.133. The molecule has 4 rings (SSSR count). The molecule has 1 aliphatic heterocycles. The summed E-state index contributed by atoms with van der Waals surface area (Å²) in [7, 11) is 0. The highest BCUT2D eigenvalue weighted by Crippen LogP contribution is 2.31. The Morgan fingerprint density at radius 2 is 2.04 bits per heavy atom. The second-order valence-corrected chi connectivity index (χ2v) is 6.81. The third kappa shape index (κ3) is 3.35. The number of aryl methyl sites for hydroxylation is 1. The summed E-state index contributed by atoms with van der Waals surface area (Å²) in [6.45, 7) is 6.25. The van der Waals surface area contributed by atoms with Gasteiger partial charge in [-0.2, -0.15) is 5.10 Å². The number of aromatic amines is 1. The first-order valence-electron chi connectivity index (χ1n) is 8.84. The molecule has 3 aromatic rings. The van der Waals surface area contributed by atoms with Crippen LogP contribution in [0.4, 0.5) is 0 Å². The average molecular weight is 337 g/mol. The van der Waals surface area contributed by atoms with Gasteiger partial charge in [0.25, 0.3) is 0 Å². The van der Waals surface area contributed by atoms with Crippen molar-refractivity contribution in [3.8, 4) is 11.5 Å². The molecule has 0 aliphatic carbocycles. The van der Waals surface area contributed by atoms with E-state index in [4.69, 9.17) is 4.42 Å². The van der Waals surface area contributed by atoms with Crippen LogP contribution in [-0.4, -0.2) is 38.4 Å². The van der Waals surface area contributed by atoms with Crippen LogP contribution in [0.1, 0.15) is 48.9 Å². The predicted octanol–water partition coefficient (Wildman–Crippen LogP) is 3.71. The summed E-state index contributed by atoms with van der Waals surface area (Å²) >= 11 is 0. The van der Waals surface area contributed by atoms with Gasteiger partial charge in [-0.05, 0) is 58.0 Å². The molecule has 0 radical (unpaired) electrons. The monoisotopic (exact) mass is 337 g/mol. The van der Waals surface area contributed by atoms with E-state index >= 15 is 0 Å². The van der Waals surface area contributed by atoms with Gasteiger partial charge in [-0.1, -0.05) is 17.7 Å². The molecule has 1 aliphatic rings. The molecule has 130 valence electrons. The number of likely N-dealkylation sites (tertiary alicyclic amines) is 1. The summed E-state index contributed by atoms with van der Waals surface area (Å²) in [6, 6.07) is 10.4. The third-order valence-corrected chi connectivity index (χ3v) is 5.10. The molecule has 1 saturated heterocycles. The highest BCUT2D eigenvalue weighted by molar-refractivity contribution is 5.53. The van der Waals surface area contributed by atoms with Gasteiger partial charge in [0, 0.05) is 23.4 Å². The van der Waals surface area contributed by atoms with Crippen LogP contribution in [0.2, 0.25) is 0 Å². The van der Waals surface area contributed by atoms with Crippen molar-refractivity contribution in [3.63, 3.8) is 0 Å². The zero-order valence-corrected chi connectivity index (χ0v) is 14.6. The van der Waals surface area contributed by atoms with E-state index < -0.39 is 0 Å². The van der Waals surface area contributed by atoms with E-state index in [0.29, 0.717) is 17.7 Å². The van der Waals surface area contributed by atoms with E-state index in [1.807, 2.05) is 18.3 Å². The maximum atomic E-state index is 5.96. The molecule has 1 fully saturated rings. The van der Waals surface area contributed by atoms with E-state index in [0.717, 1.165) is 31.5 Å². The molecule has 25 heavy (non-hydrogen) atoms. The largest absolute Gasteiger partial charge is 0.419 e. The Balaban J connectivity index is 1.43. The lowest BCUT2D eigenvalue weighted by Crippen LogP contribution is -2.35. The minimum absolute atomic E-state index is 0.133. The molecule has 0 spiro atoms. The zero-order chi connectivity index (χ0) is 17.2. The van der Waals surface area contributed by atoms with Crippen molar-refractivity contribution in [2.45, 2.75) is 38.6 Å². The molecule has 0 saturated carbocycles. The van der Waals surface area contributed by atoms with Crippen LogP contribution in [0.5, 0.6) is 0 Å². The maximum Gasteiger partial charge on any atom is 0.247 e. The average Bonchev–Trinajstić information content (AvgIpc) is 3.33. The number of rotatable bonds is 4. The number of nitrogens with one attached hydrogen (secondary N) is 1. The van der Waals surface area contributed by atoms with Gasteiger partial charge in [0.2, 0.25) is 11.8 Å². The lowest BCUT2D eigenvalue weighted by atomic mass is 9.93. The van der Waals surface area contributed by atoms with E-state index in [1.165, 1.54) is 11.3 Å². The molecule has 2 aromatic heterocycles. The van der Waals surface area contributed by atoms with Gasteiger partial charge in [0.1, 0.15) is 0 Å². The maximum absolute atomic E-state index is 5.96. The molecule has 0 bridgehead atoms. The van der Waals surface area contributed by atoms with Gasteiger partial charge in [0.15, 0.2) is 0 Å². The quantitative estimate of drug-likeness (QED) is 0.786. The van der Waals surface area contributed by atoms with Crippen LogP contribution >= 0.6 is 0 Å². The molecule has 0 unspecified atom stereocenters. The van der Waals surface area contributed by atoms with Gasteiger partial charge in [0.05, 0.1) is 6.04 Å². The fourth-order valence-electron chi connectivity index (χ4n) is 3.55. The van der Waals surface area contributed by atoms with Crippen LogP contribution in [-0.2, 0) is 0 Å². The topological polar surface area (TPSA) is 70.8 Å². The Kier molecular flexibility index (Phi) is 4.36. The van der Waals surface area contributed by atoms with Crippen LogP contribution in [0.3, 0.4) is 0 Å². The molecule has 0 amide bonds. The Morgan fingerprint density at radius 3 is 2.76 bits per heavy atom. The molecule has 3 heterocycles. The lowest BCUT2D eigenvalue weighted by Gasteiger charge is -2.34. The summed E-state index contributed by atoms with van der Waals surface area (Å²) in [5.41, 5.74) is 3.40. The molecule has 1 N–H and O–H groups in total.